The second-order valence-electron chi connectivity index (χ2n) is 3.30. The van der Waals surface area contributed by atoms with Crippen LogP contribution in [-0.2, 0) is 0 Å². The van der Waals surface area contributed by atoms with Crippen molar-refractivity contribution in [3.05, 3.63) is 33.7 Å². The SMILES string of the molecule is Cc1nc2c(C)ccc(C)n2c1Br. The lowest BCUT2D eigenvalue weighted by Crippen LogP contribution is -1.92. The zero-order valence-electron chi connectivity index (χ0n) is 7.93. The number of fused-ring (bicyclic) bond motifs is 1. The summed E-state index contributed by atoms with van der Waals surface area (Å²) in [5, 5.41) is 0. The highest BCUT2D eigenvalue weighted by Gasteiger charge is 2.08. The fourth-order valence-electron chi connectivity index (χ4n) is 1.49. The van der Waals surface area contributed by atoms with Crippen LogP contribution in [0, 0.1) is 20.8 Å². The molecule has 0 saturated carbocycles. The molecule has 0 aliphatic heterocycles. The maximum Gasteiger partial charge on any atom is 0.141 e. The summed E-state index contributed by atoms with van der Waals surface area (Å²) >= 11 is 3.54. The van der Waals surface area contributed by atoms with Crippen molar-refractivity contribution in [3.8, 4) is 0 Å². The summed E-state index contributed by atoms with van der Waals surface area (Å²) in [6.07, 6.45) is 0. The molecule has 0 aliphatic rings. The number of halogens is 1. The van der Waals surface area contributed by atoms with Crippen LogP contribution in [0.25, 0.3) is 5.65 Å². The predicted molar refractivity (Wildman–Crippen MR) is 57.1 cm³/mol. The van der Waals surface area contributed by atoms with Gasteiger partial charge in [0, 0.05) is 5.69 Å². The quantitative estimate of drug-likeness (QED) is 0.690. The van der Waals surface area contributed by atoms with E-state index in [2.05, 4.69) is 51.3 Å². The summed E-state index contributed by atoms with van der Waals surface area (Å²) in [7, 11) is 0. The number of aryl methyl sites for hydroxylation is 3. The van der Waals surface area contributed by atoms with Gasteiger partial charge in [0.25, 0.3) is 0 Å². The minimum atomic E-state index is 1.04. The van der Waals surface area contributed by atoms with Crippen LogP contribution >= 0.6 is 15.9 Å². The predicted octanol–water partition coefficient (Wildman–Crippen LogP) is 3.02. The third kappa shape index (κ3) is 1.18. The highest BCUT2D eigenvalue weighted by molar-refractivity contribution is 9.10. The maximum absolute atomic E-state index is 4.49. The van der Waals surface area contributed by atoms with Gasteiger partial charge < -0.3 is 0 Å². The number of aromatic nitrogens is 2. The van der Waals surface area contributed by atoms with E-state index in [-0.39, 0.29) is 0 Å². The summed E-state index contributed by atoms with van der Waals surface area (Å²) in [6, 6.07) is 4.21. The molecule has 0 unspecified atom stereocenters. The van der Waals surface area contributed by atoms with Crippen molar-refractivity contribution in [2.45, 2.75) is 20.8 Å². The van der Waals surface area contributed by atoms with Crippen LogP contribution in [0.4, 0.5) is 0 Å². The molecule has 0 radical (unpaired) electrons. The Hall–Kier alpha value is -0.830. The molecular weight excluding hydrogens is 228 g/mol. The lowest BCUT2D eigenvalue weighted by atomic mass is 10.2. The van der Waals surface area contributed by atoms with Crippen LogP contribution < -0.4 is 0 Å². The largest absolute Gasteiger partial charge is 0.291 e. The summed E-state index contributed by atoms with van der Waals surface area (Å²) in [5.41, 5.74) is 4.49. The summed E-state index contributed by atoms with van der Waals surface area (Å²) in [4.78, 5) is 4.49. The highest BCUT2D eigenvalue weighted by Crippen LogP contribution is 2.22. The third-order valence-corrected chi connectivity index (χ3v) is 3.19. The summed E-state index contributed by atoms with van der Waals surface area (Å²) in [5.74, 6) is 0. The van der Waals surface area contributed by atoms with Crippen LogP contribution in [0.2, 0.25) is 0 Å². The molecule has 2 heterocycles. The number of pyridine rings is 1. The molecule has 68 valence electrons. The van der Waals surface area contributed by atoms with Crippen LogP contribution in [0.3, 0.4) is 0 Å². The van der Waals surface area contributed by atoms with Crippen molar-refractivity contribution >= 4 is 21.6 Å². The van der Waals surface area contributed by atoms with E-state index in [1.165, 1.54) is 11.3 Å². The first-order valence-electron chi connectivity index (χ1n) is 4.22. The summed E-state index contributed by atoms with van der Waals surface area (Å²) < 4.78 is 3.19. The van der Waals surface area contributed by atoms with Crippen molar-refractivity contribution in [2.75, 3.05) is 0 Å². The Bertz CT molecular complexity index is 471. The van der Waals surface area contributed by atoms with E-state index in [1.54, 1.807) is 0 Å². The lowest BCUT2D eigenvalue weighted by Gasteiger charge is -2.02. The first-order chi connectivity index (χ1) is 6.11. The number of nitrogens with zero attached hydrogens (tertiary/aromatic N) is 2. The van der Waals surface area contributed by atoms with Crippen molar-refractivity contribution in [1.29, 1.82) is 0 Å². The fraction of sp³-hybridized carbons (Fsp3) is 0.300. The summed E-state index contributed by atoms with van der Waals surface area (Å²) in [6.45, 7) is 6.17. The number of hydrogen-bond acceptors (Lipinski definition) is 1. The highest BCUT2D eigenvalue weighted by atomic mass is 79.9. The van der Waals surface area contributed by atoms with Crippen molar-refractivity contribution in [1.82, 2.24) is 9.38 Å². The molecule has 0 fully saturated rings. The average Bonchev–Trinajstić information content (AvgIpc) is 2.38. The average molecular weight is 239 g/mol. The Labute approximate surface area is 85.7 Å². The molecule has 0 aromatic carbocycles. The van der Waals surface area contributed by atoms with Gasteiger partial charge in [-0.15, -0.1) is 0 Å². The van der Waals surface area contributed by atoms with E-state index in [4.69, 9.17) is 0 Å². The number of rotatable bonds is 0. The van der Waals surface area contributed by atoms with Gasteiger partial charge in [0.1, 0.15) is 10.3 Å². The van der Waals surface area contributed by atoms with E-state index in [0.717, 1.165) is 15.9 Å². The lowest BCUT2D eigenvalue weighted by molar-refractivity contribution is 1.05. The fourth-order valence-corrected chi connectivity index (χ4v) is 2.03. The smallest absolute Gasteiger partial charge is 0.141 e. The van der Waals surface area contributed by atoms with E-state index < -0.39 is 0 Å². The molecule has 2 nitrogen and oxygen atoms in total. The van der Waals surface area contributed by atoms with Crippen LogP contribution in [0.15, 0.2) is 16.7 Å². The molecule has 0 aliphatic carbocycles. The van der Waals surface area contributed by atoms with Gasteiger partial charge in [-0.2, -0.15) is 0 Å². The zero-order chi connectivity index (χ0) is 9.59. The van der Waals surface area contributed by atoms with Gasteiger partial charge in [-0.3, -0.25) is 4.40 Å². The molecule has 0 spiro atoms. The zero-order valence-corrected chi connectivity index (χ0v) is 9.51. The second-order valence-corrected chi connectivity index (χ2v) is 4.06. The normalized spacial score (nSPS) is 11.1. The molecule has 0 N–H and O–H groups in total. The second kappa shape index (κ2) is 2.84. The molecule has 2 rings (SSSR count). The van der Waals surface area contributed by atoms with Gasteiger partial charge in [0.05, 0.1) is 5.69 Å². The van der Waals surface area contributed by atoms with Gasteiger partial charge in [0.15, 0.2) is 0 Å². The molecule has 0 amide bonds. The Balaban J connectivity index is 3.00. The Morgan fingerprint density at radius 1 is 1.23 bits per heavy atom. The van der Waals surface area contributed by atoms with Crippen LogP contribution in [0.5, 0.6) is 0 Å². The Morgan fingerprint density at radius 2 is 1.92 bits per heavy atom. The van der Waals surface area contributed by atoms with Gasteiger partial charge in [-0.05, 0) is 48.3 Å². The molecular formula is C10H11BrN2. The van der Waals surface area contributed by atoms with E-state index in [9.17, 15) is 0 Å². The molecule has 0 saturated heterocycles. The first-order valence-corrected chi connectivity index (χ1v) is 5.01. The van der Waals surface area contributed by atoms with Gasteiger partial charge in [-0.1, -0.05) is 6.07 Å². The topological polar surface area (TPSA) is 17.3 Å². The van der Waals surface area contributed by atoms with Crippen molar-refractivity contribution in [2.24, 2.45) is 0 Å². The third-order valence-electron chi connectivity index (χ3n) is 2.26. The minimum Gasteiger partial charge on any atom is -0.291 e. The number of imidazole rings is 1. The maximum atomic E-state index is 4.49. The Kier molecular flexibility index (Phi) is 1.91. The molecule has 2 aromatic rings. The van der Waals surface area contributed by atoms with E-state index in [1.807, 2.05) is 6.92 Å². The Morgan fingerprint density at radius 3 is 2.54 bits per heavy atom. The monoisotopic (exact) mass is 238 g/mol. The molecule has 0 atom stereocenters. The van der Waals surface area contributed by atoms with Crippen LogP contribution in [0.1, 0.15) is 17.0 Å². The molecule has 13 heavy (non-hydrogen) atoms. The van der Waals surface area contributed by atoms with Gasteiger partial charge >= 0.3 is 0 Å². The first kappa shape index (κ1) is 8.75. The van der Waals surface area contributed by atoms with E-state index >= 15 is 0 Å². The molecule has 2 aromatic heterocycles. The number of hydrogen-bond donors (Lipinski definition) is 0. The van der Waals surface area contributed by atoms with Gasteiger partial charge in [-0.25, -0.2) is 4.98 Å². The van der Waals surface area contributed by atoms with Crippen LogP contribution in [-0.4, -0.2) is 9.38 Å². The van der Waals surface area contributed by atoms with Crippen molar-refractivity contribution in [3.63, 3.8) is 0 Å². The standard InChI is InChI=1S/C10H11BrN2/c1-6-4-5-7(2)13-9(11)8(3)12-10(6)13/h4-5H,1-3H3. The van der Waals surface area contributed by atoms with E-state index in [0.29, 0.717) is 0 Å². The van der Waals surface area contributed by atoms with Crippen molar-refractivity contribution < 1.29 is 0 Å². The van der Waals surface area contributed by atoms with Gasteiger partial charge in [0.2, 0.25) is 0 Å². The molecule has 3 heteroatoms. The molecule has 0 bridgehead atoms. The minimum absolute atomic E-state index is 1.04.